The number of thiazole rings is 1. The average Bonchev–Trinajstić information content (AvgIpc) is 2.76. The summed E-state index contributed by atoms with van der Waals surface area (Å²) in [7, 11) is 0. The summed E-state index contributed by atoms with van der Waals surface area (Å²) in [6.45, 7) is 0.350. The Balaban J connectivity index is 2.01. The lowest BCUT2D eigenvalue weighted by Gasteiger charge is -2.01. The maximum atomic E-state index is 11.6. The van der Waals surface area contributed by atoms with Gasteiger partial charge < -0.3 is 5.73 Å². The van der Waals surface area contributed by atoms with Gasteiger partial charge in [0, 0.05) is 6.07 Å². The minimum absolute atomic E-state index is 0.177. The van der Waals surface area contributed by atoms with Crippen LogP contribution in [0.3, 0.4) is 0 Å². The molecule has 6 heteroatoms. The van der Waals surface area contributed by atoms with Crippen molar-refractivity contribution < 1.29 is 0 Å². The van der Waals surface area contributed by atoms with Gasteiger partial charge >= 0.3 is 0 Å². The molecule has 2 aromatic heterocycles. The third kappa shape index (κ3) is 1.98. The lowest BCUT2D eigenvalue weighted by Crippen LogP contribution is -2.23. The molecule has 0 aliphatic heterocycles. The number of fused-ring (bicyclic) bond motifs is 1. The largest absolute Gasteiger partial charge is 0.382 e. The lowest BCUT2D eigenvalue weighted by atomic mass is 10.3. The first-order valence-corrected chi connectivity index (χ1v) is 6.22. The van der Waals surface area contributed by atoms with Crippen LogP contribution in [0.2, 0.25) is 0 Å². The second kappa shape index (κ2) is 4.23. The lowest BCUT2D eigenvalue weighted by molar-refractivity contribution is 0.642. The van der Waals surface area contributed by atoms with Gasteiger partial charge in [-0.15, -0.1) is 11.3 Å². The number of nitrogens with zero attached hydrogens (tertiary/aromatic N) is 3. The molecule has 0 bridgehead atoms. The monoisotopic (exact) mass is 258 g/mol. The molecule has 1 aromatic carbocycles. The third-order valence-corrected chi connectivity index (χ3v) is 3.53. The van der Waals surface area contributed by atoms with E-state index in [0.717, 1.165) is 15.2 Å². The number of anilines is 1. The van der Waals surface area contributed by atoms with Crippen molar-refractivity contribution in [2.24, 2.45) is 0 Å². The van der Waals surface area contributed by atoms with Crippen LogP contribution in [0.25, 0.3) is 10.2 Å². The van der Waals surface area contributed by atoms with Crippen LogP contribution in [-0.2, 0) is 6.54 Å². The summed E-state index contributed by atoms with van der Waals surface area (Å²) in [4.78, 5) is 16.1. The molecule has 0 aliphatic carbocycles. The van der Waals surface area contributed by atoms with Crippen molar-refractivity contribution in [1.82, 2.24) is 14.8 Å². The van der Waals surface area contributed by atoms with Crippen molar-refractivity contribution in [2.75, 3.05) is 5.73 Å². The van der Waals surface area contributed by atoms with E-state index in [4.69, 9.17) is 5.73 Å². The molecule has 18 heavy (non-hydrogen) atoms. The van der Waals surface area contributed by atoms with E-state index in [1.54, 1.807) is 11.3 Å². The van der Waals surface area contributed by atoms with E-state index in [1.807, 2.05) is 24.3 Å². The maximum Gasteiger partial charge on any atom is 0.267 e. The van der Waals surface area contributed by atoms with Crippen LogP contribution in [0.4, 0.5) is 5.82 Å². The van der Waals surface area contributed by atoms with Gasteiger partial charge in [-0.3, -0.25) is 4.79 Å². The second-order valence-corrected chi connectivity index (χ2v) is 4.94. The predicted molar refractivity (Wildman–Crippen MR) is 71.6 cm³/mol. The Morgan fingerprint density at radius 3 is 2.89 bits per heavy atom. The standard InChI is InChI=1S/C12H10N4OS/c13-10-5-6-12(17)16(15-10)7-11-14-8-3-1-2-4-9(8)18-11/h1-6H,7H2,(H2,13,15). The molecule has 2 heterocycles. The Labute approximate surface area is 107 Å². The zero-order valence-corrected chi connectivity index (χ0v) is 10.2. The van der Waals surface area contributed by atoms with Gasteiger partial charge in [0.15, 0.2) is 0 Å². The maximum absolute atomic E-state index is 11.6. The van der Waals surface area contributed by atoms with E-state index in [2.05, 4.69) is 10.1 Å². The summed E-state index contributed by atoms with van der Waals surface area (Å²) in [6, 6.07) is 10.8. The number of hydrogen-bond acceptors (Lipinski definition) is 5. The van der Waals surface area contributed by atoms with Gasteiger partial charge in [-0.2, -0.15) is 5.10 Å². The highest BCUT2D eigenvalue weighted by molar-refractivity contribution is 7.18. The van der Waals surface area contributed by atoms with Gasteiger partial charge in [-0.1, -0.05) is 12.1 Å². The first-order valence-electron chi connectivity index (χ1n) is 5.40. The first kappa shape index (κ1) is 10.9. The van der Waals surface area contributed by atoms with Crippen LogP contribution in [0.5, 0.6) is 0 Å². The minimum Gasteiger partial charge on any atom is -0.382 e. The van der Waals surface area contributed by atoms with Crippen molar-refractivity contribution >= 4 is 27.4 Å². The number of para-hydroxylation sites is 1. The third-order valence-electron chi connectivity index (χ3n) is 2.51. The normalized spacial score (nSPS) is 10.9. The van der Waals surface area contributed by atoms with Crippen LogP contribution in [-0.4, -0.2) is 14.8 Å². The van der Waals surface area contributed by atoms with Gasteiger partial charge in [-0.25, -0.2) is 9.67 Å². The fraction of sp³-hybridized carbons (Fsp3) is 0.0833. The van der Waals surface area contributed by atoms with Crippen molar-refractivity contribution in [1.29, 1.82) is 0 Å². The average molecular weight is 258 g/mol. The van der Waals surface area contributed by atoms with Crippen molar-refractivity contribution in [2.45, 2.75) is 6.54 Å². The van der Waals surface area contributed by atoms with Crippen LogP contribution >= 0.6 is 11.3 Å². The number of nitrogen functional groups attached to an aromatic ring is 1. The molecule has 0 aliphatic rings. The van der Waals surface area contributed by atoms with E-state index in [-0.39, 0.29) is 5.56 Å². The molecule has 0 saturated heterocycles. The quantitative estimate of drug-likeness (QED) is 0.755. The molecular formula is C12H10N4OS. The van der Waals surface area contributed by atoms with E-state index in [1.165, 1.54) is 16.8 Å². The Morgan fingerprint density at radius 1 is 1.22 bits per heavy atom. The Bertz CT molecular complexity index is 729. The fourth-order valence-corrected chi connectivity index (χ4v) is 2.64. The molecular weight excluding hydrogens is 248 g/mol. The topological polar surface area (TPSA) is 73.8 Å². The molecule has 2 N–H and O–H groups in total. The summed E-state index contributed by atoms with van der Waals surface area (Å²) in [5.41, 5.74) is 6.33. The smallest absolute Gasteiger partial charge is 0.267 e. The zero-order valence-electron chi connectivity index (χ0n) is 9.41. The summed E-state index contributed by atoms with van der Waals surface area (Å²) < 4.78 is 2.43. The molecule has 0 amide bonds. The molecule has 90 valence electrons. The van der Waals surface area contributed by atoms with E-state index in [0.29, 0.717) is 12.4 Å². The van der Waals surface area contributed by atoms with Crippen LogP contribution in [0.1, 0.15) is 5.01 Å². The van der Waals surface area contributed by atoms with E-state index in [9.17, 15) is 4.79 Å². The zero-order chi connectivity index (χ0) is 12.5. The van der Waals surface area contributed by atoms with Crippen molar-refractivity contribution in [3.8, 4) is 0 Å². The van der Waals surface area contributed by atoms with Crippen molar-refractivity contribution in [3.63, 3.8) is 0 Å². The number of aromatic nitrogens is 3. The summed E-state index contributed by atoms with van der Waals surface area (Å²) >= 11 is 1.56. The van der Waals surface area contributed by atoms with Crippen LogP contribution < -0.4 is 11.3 Å². The molecule has 3 rings (SSSR count). The highest BCUT2D eigenvalue weighted by Gasteiger charge is 2.06. The summed E-state index contributed by atoms with van der Waals surface area (Å²) in [5, 5.41) is 4.83. The Kier molecular flexibility index (Phi) is 2.56. The summed E-state index contributed by atoms with van der Waals surface area (Å²) in [5.74, 6) is 0.329. The van der Waals surface area contributed by atoms with Crippen LogP contribution in [0.15, 0.2) is 41.2 Å². The Hall–Kier alpha value is -2.21. The molecule has 3 aromatic rings. The number of rotatable bonds is 2. The molecule has 0 atom stereocenters. The molecule has 5 nitrogen and oxygen atoms in total. The summed E-state index contributed by atoms with van der Waals surface area (Å²) in [6.07, 6.45) is 0. The van der Waals surface area contributed by atoms with Crippen LogP contribution in [0, 0.1) is 0 Å². The first-order chi connectivity index (χ1) is 8.72. The Morgan fingerprint density at radius 2 is 2.06 bits per heavy atom. The van der Waals surface area contributed by atoms with E-state index >= 15 is 0 Å². The molecule has 0 fully saturated rings. The highest BCUT2D eigenvalue weighted by Crippen LogP contribution is 2.21. The SMILES string of the molecule is Nc1ccc(=O)n(Cc2nc3ccccc3s2)n1. The number of benzene rings is 1. The van der Waals surface area contributed by atoms with Gasteiger partial charge in [0.2, 0.25) is 0 Å². The fourth-order valence-electron chi connectivity index (χ4n) is 1.69. The molecule has 0 saturated carbocycles. The highest BCUT2D eigenvalue weighted by atomic mass is 32.1. The van der Waals surface area contributed by atoms with Crippen molar-refractivity contribution in [3.05, 3.63) is 51.8 Å². The number of nitrogens with two attached hydrogens (primary N) is 1. The molecule has 0 spiro atoms. The van der Waals surface area contributed by atoms with Gasteiger partial charge in [-0.05, 0) is 18.2 Å². The van der Waals surface area contributed by atoms with E-state index < -0.39 is 0 Å². The second-order valence-electron chi connectivity index (χ2n) is 3.83. The predicted octanol–water partition coefficient (Wildman–Crippen LogP) is 1.48. The minimum atomic E-state index is -0.177. The number of hydrogen-bond donors (Lipinski definition) is 1. The molecule has 0 unspecified atom stereocenters. The molecule has 0 radical (unpaired) electrons. The van der Waals surface area contributed by atoms with Gasteiger partial charge in [0.05, 0.1) is 16.8 Å². The van der Waals surface area contributed by atoms with Gasteiger partial charge in [0.25, 0.3) is 5.56 Å². The van der Waals surface area contributed by atoms with Gasteiger partial charge in [0.1, 0.15) is 10.8 Å².